The van der Waals surface area contributed by atoms with E-state index < -0.39 is 12.3 Å². The van der Waals surface area contributed by atoms with E-state index in [2.05, 4.69) is 10.2 Å². The molecule has 0 spiro atoms. The van der Waals surface area contributed by atoms with Gasteiger partial charge in [-0.15, -0.1) is 0 Å². The Balaban J connectivity index is 1.56. The van der Waals surface area contributed by atoms with E-state index >= 15 is 0 Å². The SMILES string of the molecule is CC1=NN(c2ccc(C(=O)O)cc2)C(=O)C1=CC=Cc1c(C)[nH]n(-c2ccc(C(O)O)cc2)c1=O. The Morgan fingerprint density at radius 2 is 1.63 bits per heavy atom. The van der Waals surface area contributed by atoms with E-state index in [1.165, 1.54) is 46.1 Å². The maximum Gasteiger partial charge on any atom is 0.335 e. The number of hydrogen-bond acceptors (Lipinski definition) is 6. The summed E-state index contributed by atoms with van der Waals surface area (Å²) in [5, 5.41) is 35.9. The molecular weight excluding hydrogens is 452 g/mol. The first kappa shape index (κ1) is 23.6. The minimum Gasteiger partial charge on any atom is -0.478 e. The summed E-state index contributed by atoms with van der Waals surface area (Å²) < 4.78 is 1.34. The number of nitrogens with zero attached hydrogens (tertiary/aromatic N) is 3. The highest BCUT2D eigenvalue weighted by atomic mass is 16.5. The van der Waals surface area contributed by atoms with Crippen molar-refractivity contribution >= 4 is 29.4 Å². The highest BCUT2D eigenvalue weighted by molar-refractivity contribution is 6.29. The molecule has 10 heteroatoms. The normalized spacial score (nSPS) is 15.0. The van der Waals surface area contributed by atoms with Crippen molar-refractivity contribution in [2.45, 2.75) is 20.1 Å². The lowest BCUT2D eigenvalue weighted by Crippen LogP contribution is -2.21. The second-order valence-electron chi connectivity index (χ2n) is 7.85. The Kier molecular flexibility index (Phi) is 6.32. The first-order valence-electron chi connectivity index (χ1n) is 10.6. The Bertz CT molecular complexity index is 1440. The van der Waals surface area contributed by atoms with Crippen LogP contribution in [0.15, 0.2) is 76.2 Å². The van der Waals surface area contributed by atoms with Crippen LogP contribution in [0.2, 0.25) is 0 Å². The molecule has 10 nitrogen and oxygen atoms in total. The summed E-state index contributed by atoms with van der Waals surface area (Å²) in [7, 11) is 0. The predicted molar refractivity (Wildman–Crippen MR) is 129 cm³/mol. The van der Waals surface area contributed by atoms with E-state index in [4.69, 9.17) is 5.11 Å². The predicted octanol–water partition coefficient (Wildman–Crippen LogP) is 2.52. The molecule has 1 amide bonds. The summed E-state index contributed by atoms with van der Waals surface area (Å²) in [5.41, 5.74) is 2.91. The number of aromatic amines is 1. The minimum absolute atomic E-state index is 0.106. The number of carboxylic acids is 1. The number of aromatic nitrogens is 2. The molecule has 0 radical (unpaired) electrons. The Morgan fingerprint density at radius 3 is 2.23 bits per heavy atom. The number of allylic oxidation sites excluding steroid dienone is 2. The Labute approximate surface area is 199 Å². The number of carbonyl (C=O) groups excluding carboxylic acids is 1. The first-order chi connectivity index (χ1) is 16.7. The Hall–Kier alpha value is -4.54. The molecule has 1 aliphatic rings. The highest BCUT2D eigenvalue weighted by Gasteiger charge is 2.28. The number of nitrogens with one attached hydrogen (secondary N) is 1. The molecule has 0 unspecified atom stereocenters. The number of hydrogen-bond donors (Lipinski definition) is 4. The second-order valence-corrected chi connectivity index (χ2v) is 7.85. The summed E-state index contributed by atoms with van der Waals surface area (Å²) >= 11 is 0. The molecule has 0 bridgehead atoms. The third-order valence-electron chi connectivity index (χ3n) is 5.51. The molecule has 2 heterocycles. The summed E-state index contributed by atoms with van der Waals surface area (Å²) in [6.45, 7) is 3.43. The number of aryl methyl sites for hydroxylation is 1. The van der Waals surface area contributed by atoms with Gasteiger partial charge in [0.2, 0.25) is 0 Å². The molecule has 0 saturated heterocycles. The van der Waals surface area contributed by atoms with Crippen LogP contribution < -0.4 is 10.6 Å². The molecule has 1 aliphatic heterocycles. The van der Waals surface area contributed by atoms with Crippen LogP contribution in [0.4, 0.5) is 5.69 Å². The van der Waals surface area contributed by atoms with E-state index in [9.17, 15) is 24.6 Å². The van der Waals surface area contributed by atoms with Gasteiger partial charge in [0, 0.05) is 11.3 Å². The smallest absolute Gasteiger partial charge is 0.335 e. The number of anilines is 1. The number of carboxylic acid groups (broad SMARTS) is 1. The zero-order valence-corrected chi connectivity index (χ0v) is 18.8. The third-order valence-corrected chi connectivity index (χ3v) is 5.51. The third kappa shape index (κ3) is 4.60. The molecule has 4 rings (SSSR count). The van der Waals surface area contributed by atoms with Crippen molar-refractivity contribution in [3.63, 3.8) is 0 Å². The molecule has 3 aromatic rings. The average Bonchev–Trinajstić information content (AvgIpc) is 3.28. The van der Waals surface area contributed by atoms with E-state index in [0.717, 1.165) is 0 Å². The van der Waals surface area contributed by atoms with Gasteiger partial charge < -0.3 is 15.3 Å². The molecule has 178 valence electrons. The van der Waals surface area contributed by atoms with Crippen molar-refractivity contribution < 1.29 is 24.9 Å². The van der Waals surface area contributed by atoms with E-state index in [1.807, 2.05) is 0 Å². The Morgan fingerprint density at radius 1 is 1.00 bits per heavy atom. The number of aliphatic hydroxyl groups is 2. The van der Waals surface area contributed by atoms with Gasteiger partial charge in [0.1, 0.15) is 0 Å². The maximum absolute atomic E-state index is 12.9. The molecule has 35 heavy (non-hydrogen) atoms. The van der Waals surface area contributed by atoms with Crippen LogP contribution in [0.1, 0.15) is 40.4 Å². The molecule has 4 N–H and O–H groups in total. The average molecular weight is 474 g/mol. The minimum atomic E-state index is -1.59. The summed E-state index contributed by atoms with van der Waals surface area (Å²) in [4.78, 5) is 36.8. The molecule has 2 aromatic carbocycles. The lowest BCUT2D eigenvalue weighted by molar-refractivity contribution is -0.114. The molecule has 1 aromatic heterocycles. The monoisotopic (exact) mass is 474 g/mol. The largest absolute Gasteiger partial charge is 0.478 e. The van der Waals surface area contributed by atoms with Crippen molar-refractivity contribution in [1.82, 2.24) is 9.78 Å². The van der Waals surface area contributed by atoms with Crippen LogP contribution in [-0.4, -0.2) is 42.7 Å². The molecule has 0 atom stereocenters. The van der Waals surface area contributed by atoms with Crippen LogP contribution in [0.5, 0.6) is 0 Å². The number of aliphatic hydroxyl groups excluding tert-OH is 1. The maximum atomic E-state index is 12.9. The van der Waals surface area contributed by atoms with Gasteiger partial charge in [0.05, 0.1) is 33.8 Å². The van der Waals surface area contributed by atoms with Crippen molar-refractivity contribution in [2.75, 3.05) is 5.01 Å². The number of benzene rings is 2. The lowest BCUT2D eigenvalue weighted by atomic mass is 10.1. The summed E-state index contributed by atoms with van der Waals surface area (Å²) in [6, 6.07) is 12.0. The van der Waals surface area contributed by atoms with Crippen LogP contribution in [-0.2, 0) is 4.79 Å². The van der Waals surface area contributed by atoms with Crippen molar-refractivity contribution in [3.05, 3.63) is 99.0 Å². The number of hydrazone groups is 1. The van der Waals surface area contributed by atoms with Crippen LogP contribution in [0, 0.1) is 6.92 Å². The quantitative estimate of drug-likeness (QED) is 0.319. The van der Waals surface area contributed by atoms with Gasteiger partial charge in [-0.1, -0.05) is 18.2 Å². The summed E-state index contributed by atoms with van der Waals surface area (Å²) in [5.74, 6) is -1.43. The van der Waals surface area contributed by atoms with Gasteiger partial charge in [-0.3, -0.25) is 14.7 Å². The van der Waals surface area contributed by atoms with Crippen LogP contribution >= 0.6 is 0 Å². The van der Waals surface area contributed by atoms with Crippen LogP contribution in [0.25, 0.3) is 11.8 Å². The lowest BCUT2D eigenvalue weighted by Gasteiger charge is -2.11. The van der Waals surface area contributed by atoms with Crippen molar-refractivity contribution in [2.24, 2.45) is 5.10 Å². The number of amides is 1. The van der Waals surface area contributed by atoms with Gasteiger partial charge in [-0.05, 0) is 62.4 Å². The fraction of sp³-hybridized carbons (Fsp3) is 0.120. The van der Waals surface area contributed by atoms with Crippen molar-refractivity contribution in [3.8, 4) is 5.69 Å². The molecule has 0 saturated carbocycles. The topological polar surface area (TPSA) is 148 Å². The van der Waals surface area contributed by atoms with Gasteiger partial charge in [0.15, 0.2) is 6.29 Å². The molecule has 0 fully saturated rings. The number of aromatic carboxylic acids is 1. The van der Waals surface area contributed by atoms with E-state index in [0.29, 0.717) is 39.5 Å². The zero-order valence-electron chi connectivity index (χ0n) is 18.8. The number of rotatable bonds is 6. The van der Waals surface area contributed by atoms with Gasteiger partial charge >= 0.3 is 5.97 Å². The standard InChI is InChI=1S/C25H22N4O6/c1-14-20(22(30)28(26-14)18-10-6-16(7-11-18)24(32)33)4-3-5-21-15(2)27-29(23(21)31)19-12-8-17(9-13-19)25(34)35/h3-13,24,26,32-33H,1-2H3,(H,34,35). The van der Waals surface area contributed by atoms with Gasteiger partial charge in [-0.2, -0.15) is 10.1 Å². The summed E-state index contributed by atoms with van der Waals surface area (Å²) in [6.07, 6.45) is 3.16. The van der Waals surface area contributed by atoms with Crippen molar-refractivity contribution in [1.29, 1.82) is 0 Å². The van der Waals surface area contributed by atoms with Gasteiger partial charge in [-0.25, -0.2) is 9.48 Å². The van der Waals surface area contributed by atoms with Gasteiger partial charge in [0.25, 0.3) is 11.5 Å². The van der Waals surface area contributed by atoms with Crippen LogP contribution in [0.3, 0.4) is 0 Å². The molecule has 0 aliphatic carbocycles. The molecular formula is C25H22N4O6. The fourth-order valence-electron chi connectivity index (χ4n) is 3.60. The number of carbonyl (C=O) groups is 2. The van der Waals surface area contributed by atoms with E-state index in [-0.39, 0.29) is 17.0 Å². The zero-order chi connectivity index (χ0) is 25.3. The fourth-order valence-corrected chi connectivity index (χ4v) is 3.60. The van der Waals surface area contributed by atoms with E-state index in [1.54, 1.807) is 44.2 Å². The first-order valence-corrected chi connectivity index (χ1v) is 10.6. The highest BCUT2D eigenvalue weighted by Crippen LogP contribution is 2.24. The number of H-pyrrole nitrogens is 1. The second kappa shape index (κ2) is 9.37.